The molecule has 1 saturated heterocycles. The molecule has 0 aliphatic carbocycles. The third-order valence-electron chi connectivity index (χ3n) is 2.57. The molecule has 1 fully saturated rings. The molecule has 0 radical (unpaired) electrons. The van der Waals surface area contributed by atoms with Crippen LogP contribution in [0.4, 0.5) is 4.79 Å². The topological polar surface area (TPSA) is 87.3 Å². The van der Waals surface area contributed by atoms with Crippen LogP contribution in [0.1, 0.15) is 5.56 Å². The van der Waals surface area contributed by atoms with Crippen molar-refractivity contribution < 1.29 is 14.4 Å². The first-order valence-corrected chi connectivity index (χ1v) is 5.57. The molecule has 0 spiro atoms. The van der Waals surface area contributed by atoms with E-state index in [9.17, 15) is 14.4 Å². The molecule has 3 N–H and O–H groups in total. The van der Waals surface area contributed by atoms with Crippen LogP contribution in [-0.2, 0) is 16.0 Å². The largest absolute Gasteiger partial charge is 0.353 e. The first-order chi connectivity index (χ1) is 8.65. The smallest absolute Gasteiger partial charge is 0.322 e. The fourth-order valence-electron chi connectivity index (χ4n) is 1.66. The highest BCUT2D eigenvalue weighted by atomic mass is 16.2. The van der Waals surface area contributed by atoms with Gasteiger partial charge in [0, 0.05) is 6.54 Å². The van der Waals surface area contributed by atoms with Gasteiger partial charge in [-0.25, -0.2) is 4.79 Å². The van der Waals surface area contributed by atoms with Gasteiger partial charge in [0.1, 0.15) is 6.04 Å². The van der Waals surface area contributed by atoms with Gasteiger partial charge in [0.05, 0.1) is 6.42 Å². The van der Waals surface area contributed by atoms with E-state index in [1.165, 1.54) is 0 Å². The van der Waals surface area contributed by atoms with Crippen LogP contribution in [0.3, 0.4) is 0 Å². The lowest BCUT2D eigenvalue weighted by Gasteiger charge is -2.09. The van der Waals surface area contributed by atoms with Gasteiger partial charge in [-0.15, -0.1) is 0 Å². The molecule has 94 valence electrons. The predicted octanol–water partition coefficient (Wildman–Crippen LogP) is -0.447. The fourth-order valence-corrected chi connectivity index (χ4v) is 1.66. The number of amides is 4. The first-order valence-electron chi connectivity index (χ1n) is 5.57. The summed E-state index contributed by atoms with van der Waals surface area (Å²) in [6, 6.07) is 8.08. The molecule has 1 aliphatic rings. The van der Waals surface area contributed by atoms with Gasteiger partial charge in [0.15, 0.2) is 0 Å². The van der Waals surface area contributed by atoms with E-state index in [4.69, 9.17) is 0 Å². The summed E-state index contributed by atoms with van der Waals surface area (Å²) in [6.45, 7) is 0.100. The van der Waals surface area contributed by atoms with E-state index >= 15 is 0 Å². The Morgan fingerprint density at radius 1 is 1.22 bits per heavy atom. The maximum atomic E-state index is 11.6. The molecule has 1 aromatic rings. The molecular weight excluding hydrogens is 234 g/mol. The summed E-state index contributed by atoms with van der Waals surface area (Å²) in [5, 5.41) is 7.12. The standard InChI is InChI=1S/C12H13N3O3/c16-10(6-8-4-2-1-3-5-8)13-7-9-11(17)15-12(18)14-9/h1-5,9H,6-7H2,(H,13,16)(H2,14,15,17,18). The van der Waals surface area contributed by atoms with Crippen LogP contribution in [-0.4, -0.2) is 30.4 Å². The van der Waals surface area contributed by atoms with E-state index in [0.717, 1.165) is 5.56 Å². The van der Waals surface area contributed by atoms with Gasteiger partial charge in [-0.2, -0.15) is 0 Å². The van der Waals surface area contributed by atoms with Crippen LogP contribution in [0.5, 0.6) is 0 Å². The summed E-state index contributed by atoms with van der Waals surface area (Å²) in [5.41, 5.74) is 0.898. The Bertz CT molecular complexity index is 473. The molecule has 6 heteroatoms. The van der Waals surface area contributed by atoms with Crippen molar-refractivity contribution in [3.8, 4) is 0 Å². The van der Waals surface area contributed by atoms with Crippen LogP contribution in [0.15, 0.2) is 30.3 Å². The number of benzene rings is 1. The van der Waals surface area contributed by atoms with Crippen molar-refractivity contribution in [2.24, 2.45) is 0 Å². The minimum Gasteiger partial charge on any atom is -0.353 e. The molecule has 0 aromatic heterocycles. The maximum Gasteiger partial charge on any atom is 0.322 e. The Morgan fingerprint density at radius 3 is 2.56 bits per heavy atom. The number of carbonyl (C=O) groups is 3. The SMILES string of the molecule is O=C(Cc1ccccc1)NCC1NC(=O)NC1=O. The van der Waals surface area contributed by atoms with Crippen LogP contribution < -0.4 is 16.0 Å². The zero-order valence-electron chi connectivity index (χ0n) is 9.60. The van der Waals surface area contributed by atoms with Crippen molar-refractivity contribution in [1.82, 2.24) is 16.0 Å². The number of carbonyl (C=O) groups excluding carboxylic acids is 3. The lowest BCUT2D eigenvalue weighted by atomic mass is 10.1. The fraction of sp³-hybridized carbons (Fsp3) is 0.250. The Labute approximate surface area is 104 Å². The summed E-state index contributed by atoms with van der Waals surface area (Å²) < 4.78 is 0. The quantitative estimate of drug-likeness (QED) is 0.630. The molecule has 2 rings (SSSR count). The number of imide groups is 1. The Morgan fingerprint density at radius 2 is 1.94 bits per heavy atom. The van der Waals surface area contributed by atoms with E-state index in [2.05, 4.69) is 16.0 Å². The van der Waals surface area contributed by atoms with E-state index in [0.29, 0.717) is 0 Å². The lowest BCUT2D eigenvalue weighted by molar-refractivity contribution is -0.121. The summed E-state index contributed by atoms with van der Waals surface area (Å²) in [6.07, 6.45) is 0.253. The zero-order valence-corrected chi connectivity index (χ0v) is 9.60. The van der Waals surface area contributed by atoms with Crippen molar-refractivity contribution in [2.75, 3.05) is 6.54 Å². The molecule has 1 heterocycles. The predicted molar refractivity (Wildman–Crippen MR) is 63.6 cm³/mol. The Kier molecular flexibility index (Phi) is 3.57. The van der Waals surface area contributed by atoms with Crippen molar-refractivity contribution in [1.29, 1.82) is 0 Å². The third kappa shape index (κ3) is 3.07. The second kappa shape index (κ2) is 5.31. The molecule has 0 saturated carbocycles. The van der Waals surface area contributed by atoms with Gasteiger partial charge in [0.25, 0.3) is 5.91 Å². The highest BCUT2D eigenvalue weighted by molar-refractivity contribution is 6.04. The van der Waals surface area contributed by atoms with E-state index < -0.39 is 18.0 Å². The summed E-state index contributed by atoms with van der Waals surface area (Å²) in [7, 11) is 0. The zero-order chi connectivity index (χ0) is 13.0. The van der Waals surface area contributed by atoms with E-state index in [1.807, 2.05) is 30.3 Å². The van der Waals surface area contributed by atoms with Crippen molar-refractivity contribution in [2.45, 2.75) is 12.5 Å². The number of hydrogen-bond acceptors (Lipinski definition) is 3. The first kappa shape index (κ1) is 12.1. The molecule has 1 atom stereocenters. The molecule has 0 bridgehead atoms. The average molecular weight is 247 g/mol. The number of urea groups is 1. The Hall–Kier alpha value is -2.37. The second-order valence-corrected chi connectivity index (χ2v) is 3.98. The minimum atomic E-state index is -0.683. The normalized spacial score (nSPS) is 18.1. The van der Waals surface area contributed by atoms with Crippen LogP contribution in [0, 0.1) is 0 Å². The van der Waals surface area contributed by atoms with Gasteiger partial charge in [-0.1, -0.05) is 30.3 Å². The maximum absolute atomic E-state index is 11.6. The third-order valence-corrected chi connectivity index (χ3v) is 2.57. The average Bonchev–Trinajstić information content (AvgIpc) is 2.66. The van der Waals surface area contributed by atoms with Gasteiger partial charge >= 0.3 is 6.03 Å². The number of nitrogens with one attached hydrogen (secondary N) is 3. The van der Waals surface area contributed by atoms with Crippen LogP contribution >= 0.6 is 0 Å². The summed E-state index contributed by atoms with van der Waals surface area (Å²) >= 11 is 0. The molecule has 1 aromatic carbocycles. The second-order valence-electron chi connectivity index (χ2n) is 3.98. The molecule has 1 unspecified atom stereocenters. The molecule has 6 nitrogen and oxygen atoms in total. The van der Waals surface area contributed by atoms with Crippen LogP contribution in [0.2, 0.25) is 0 Å². The van der Waals surface area contributed by atoms with Crippen molar-refractivity contribution >= 4 is 17.8 Å². The highest BCUT2D eigenvalue weighted by Gasteiger charge is 2.29. The van der Waals surface area contributed by atoms with E-state index in [-0.39, 0.29) is 18.9 Å². The van der Waals surface area contributed by atoms with Crippen molar-refractivity contribution in [3.63, 3.8) is 0 Å². The Balaban J connectivity index is 1.79. The summed E-state index contributed by atoms with van der Waals surface area (Å²) in [5.74, 6) is -0.602. The lowest BCUT2D eigenvalue weighted by Crippen LogP contribution is -2.42. The molecule has 18 heavy (non-hydrogen) atoms. The van der Waals surface area contributed by atoms with Gasteiger partial charge in [-0.3, -0.25) is 14.9 Å². The van der Waals surface area contributed by atoms with Gasteiger partial charge in [-0.05, 0) is 5.56 Å². The van der Waals surface area contributed by atoms with E-state index in [1.54, 1.807) is 0 Å². The van der Waals surface area contributed by atoms with Gasteiger partial charge in [0.2, 0.25) is 5.91 Å². The van der Waals surface area contributed by atoms with Gasteiger partial charge < -0.3 is 10.6 Å². The van der Waals surface area contributed by atoms with Crippen LogP contribution in [0.25, 0.3) is 0 Å². The molecule has 4 amide bonds. The monoisotopic (exact) mass is 247 g/mol. The summed E-state index contributed by atoms with van der Waals surface area (Å²) in [4.78, 5) is 33.7. The number of rotatable bonds is 4. The highest BCUT2D eigenvalue weighted by Crippen LogP contribution is 1.99. The molecular formula is C12H13N3O3. The molecule has 1 aliphatic heterocycles. The van der Waals surface area contributed by atoms with Crippen molar-refractivity contribution in [3.05, 3.63) is 35.9 Å². The number of hydrogen-bond donors (Lipinski definition) is 3. The minimum absolute atomic E-state index is 0.100.